The summed E-state index contributed by atoms with van der Waals surface area (Å²) < 4.78 is 4.80. The van der Waals surface area contributed by atoms with E-state index in [9.17, 15) is 4.79 Å². The van der Waals surface area contributed by atoms with Gasteiger partial charge in [0.25, 0.3) is 0 Å². The highest BCUT2D eigenvalue weighted by atomic mass is 16.5. The van der Waals surface area contributed by atoms with Gasteiger partial charge in [0.1, 0.15) is 0 Å². The molecule has 0 aliphatic heterocycles. The molecule has 0 radical (unpaired) electrons. The minimum atomic E-state index is -0.292. The van der Waals surface area contributed by atoms with E-state index in [1.165, 1.54) is 11.6 Å². The SMILES string of the molecule is CCCc1ccc(/C=C/C(=O)OCC)cc1. The summed E-state index contributed by atoms with van der Waals surface area (Å²) in [6.07, 6.45) is 5.48. The lowest BCUT2D eigenvalue weighted by Crippen LogP contribution is -1.98. The largest absolute Gasteiger partial charge is 0.463 e. The van der Waals surface area contributed by atoms with E-state index in [0.717, 1.165) is 18.4 Å². The fraction of sp³-hybridized carbons (Fsp3) is 0.357. The van der Waals surface area contributed by atoms with Gasteiger partial charge in [-0.15, -0.1) is 0 Å². The molecule has 0 N–H and O–H groups in total. The molecule has 0 saturated heterocycles. The molecule has 0 aromatic heterocycles. The molecular weight excluding hydrogens is 200 g/mol. The van der Waals surface area contributed by atoms with Crippen LogP contribution < -0.4 is 0 Å². The maximum atomic E-state index is 11.1. The van der Waals surface area contributed by atoms with Gasteiger partial charge in [0.05, 0.1) is 6.61 Å². The Balaban J connectivity index is 2.57. The third kappa shape index (κ3) is 4.30. The fourth-order valence-corrected chi connectivity index (χ4v) is 1.44. The zero-order valence-electron chi connectivity index (χ0n) is 9.90. The highest BCUT2D eigenvalue weighted by Crippen LogP contribution is 2.08. The number of hydrogen-bond donors (Lipinski definition) is 0. The first-order valence-electron chi connectivity index (χ1n) is 5.70. The van der Waals surface area contributed by atoms with Crippen LogP contribution in [0.2, 0.25) is 0 Å². The monoisotopic (exact) mass is 218 g/mol. The predicted octanol–water partition coefficient (Wildman–Crippen LogP) is 3.22. The summed E-state index contributed by atoms with van der Waals surface area (Å²) in [6.45, 7) is 4.37. The first kappa shape index (κ1) is 12.5. The van der Waals surface area contributed by atoms with Crippen molar-refractivity contribution in [2.24, 2.45) is 0 Å². The van der Waals surface area contributed by atoms with E-state index in [2.05, 4.69) is 19.1 Å². The van der Waals surface area contributed by atoms with Gasteiger partial charge in [0, 0.05) is 6.08 Å². The van der Waals surface area contributed by atoms with Crippen molar-refractivity contribution >= 4 is 12.0 Å². The van der Waals surface area contributed by atoms with Gasteiger partial charge in [-0.1, -0.05) is 37.6 Å². The number of esters is 1. The Bertz CT molecular complexity index is 350. The predicted molar refractivity (Wildman–Crippen MR) is 66.1 cm³/mol. The smallest absolute Gasteiger partial charge is 0.330 e. The second kappa shape index (κ2) is 6.83. The molecule has 1 aromatic carbocycles. The van der Waals surface area contributed by atoms with Crippen molar-refractivity contribution in [3.05, 3.63) is 41.5 Å². The summed E-state index contributed by atoms with van der Waals surface area (Å²) in [5.74, 6) is -0.292. The van der Waals surface area contributed by atoms with Gasteiger partial charge >= 0.3 is 5.97 Å². The second-order valence-corrected chi connectivity index (χ2v) is 3.58. The summed E-state index contributed by atoms with van der Waals surface area (Å²) in [7, 11) is 0. The average Bonchev–Trinajstić information content (AvgIpc) is 2.29. The van der Waals surface area contributed by atoms with E-state index < -0.39 is 0 Å². The summed E-state index contributed by atoms with van der Waals surface area (Å²) >= 11 is 0. The molecule has 0 amide bonds. The van der Waals surface area contributed by atoms with Crippen LogP contribution in [0.1, 0.15) is 31.4 Å². The van der Waals surface area contributed by atoms with E-state index in [1.807, 2.05) is 12.1 Å². The summed E-state index contributed by atoms with van der Waals surface area (Å²) in [4.78, 5) is 11.1. The Kier molecular flexibility index (Phi) is 5.34. The summed E-state index contributed by atoms with van der Waals surface area (Å²) in [5.41, 5.74) is 2.35. The van der Waals surface area contributed by atoms with Gasteiger partial charge in [0.2, 0.25) is 0 Å². The number of aryl methyl sites for hydroxylation is 1. The van der Waals surface area contributed by atoms with Gasteiger partial charge < -0.3 is 4.74 Å². The van der Waals surface area contributed by atoms with Gasteiger partial charge in [0.15, 0.2) is 0 Å². The van der Waals surface area contributed by atoms with Crippen LogP contribution in [0, 0.1) is 0 Å². The molecule has 0 aliphatic carbocycles. The third-order valence-corrected chi connectivity index (χ3v) is 2.22. The Labute approximate surface area is 96.9 Å². The molecule has 0 atom stereocenters. The van der Waals surface area contributed by atoms with Crippen LogP contribution in [0.3, 0.4) is 0 Å². The van der Waals surface area contributed by atoms with Crippen molar-refractivity contribution in [2.45, 2.75) is 26.7 Å². The molecular formula is C14H18O2. The van der Waals surface area contributed by atoms with E-state index in [1.54, 1.807) is 13.0 Å². The average molecular weight is 218 g/mol. The number of carbonyl (C=O) groups excluding carboxylic acids is 1. The van der Waals surface area contributed by atoms with Crippen LogP contribution in [0.25, 0.3) is 6.08 Å². The molecule has 0 bridgehead atoms. The van der Waals surface area contributed by atoms with Crippen molar-refractivity contribution in [2.75, 3.05) is 6.61 Å². The lowest BCUT2D eigenvalue weighted by atomic mass is 10.1. The van der Waals surface area contributed by atoms with Crippen LogP contribution in [-0.2, 0) is 16.0 Å². The van der Waals surface area contributed by atoms with Crippen molar-refractivity contribution in [1.82, 2.24) is 0 Å². The van der Waals surface area contributed by atoms with Crippen LogP contribution in [0.15, 0.2) is 30.3 Å². The molecule has 1 aromatic rings. The van der Waals surface area contributed by atoms with Crippen molar-refractivity contribution < 1.29 is 9.53 Å². The van der Waals surface area contributed by atoms with Crippen molar-refractivity contribution in [3.63, 3.8) is 0 Å². The zero-order chi connectivity index (χ0) is 11.8. The molecule has 0 fully saturated rings. The molecule has 0 spiro atoms. The molecule has 1 rings (SSSR count). The maximum Gasteiger partial charge on any atom is 0.330 e. The van der Waals surface area contributed by atoms with E-state index in [-0.39, 0.29) is 5.97 Å². The molecule has 2 heteroatoms. The van der Waals surface area contributed by atoms with Gasteiger partial charge in [-0.25, -0.2) is 4.79 Å². The van der Waals surface area contributed by atoms with E-state index in [0.29, 0.717) is 6.61 Å². The van der Waals surface area contributed by atoms with Gasteiger partial charge in [-0.05, 0) is 30.5 Å². The van der Waals surface area contributed by atoms with Crippen LogP contribution >= 0.6 is 0 Å². The van der Waals surface area contributed by atoms with Crippen molar-refractivity contribution in [3.8, 4) is 0 Å². The van der Waals surface area contributed by atoms with Crippen LogP contribution in [0.5, 0.6) is 0 Å². The van der Waals surface area contributed by atoms with Crippen molar-refractivity contribution in [1.29, 1.82) is 0 Å². The van der Waals surface area contributed by atoms with E-state index in [4.69, 9.17) is 4.74 Å². The zero-order valence-corrected chi connectivity index (χ0v) is 9.90. The van der Waals surface area contributed by atoms with Gasteiger partial charge in [-0.2, -0.15) is 0 Å². The van der Waals surface area contributed by atoms with Crippen LogP contribution in [0.4, 0.5) is 0 Å². The standard InChI is InChI=1S/C14H18O2/c1-3-5-12-6-8-13(9-7-12)10-11-14(15)16-4-2/h6-11H,3-5H2,1-2H3/b11-10+. The molecule has 16 heavy (non-hydrogen) atoms. The highest BCUT2D eigenvalue weighted by molar-refractivity contribution is 5.86. The molecule has 0 unspecified atom stereocenters. The number of carbonyl (C=O) groups is 1. The molecule has 0 saturated carbocycles. The Morgan fingerprint density at radius 2 is 1.94 bits per heavy atom. The highest BCUT2D eigenvalue weighted by Gasteiger charge is 1.94. The minimum absolute atomic E-state index is 0.292. The fourth-order valence-electron chi connectivity index (χ4n) is 1.44. The van der Waals surface area contributed by atoms with E-state index >= 15 is 0 Å². The number of hydrogen-bond acceptors (Lipinski definition) is 2. The minimum Gasteiger partial charge on any atom is -0.463 e. The molecule has 2 nitrogen and oxygen atoms in total. The Hall–Kier alpha value is -1.57. The number of rotatable bonds is 5. The normalized spacial score (nSPS) is 10.6. The summed E-state index contributed by atoms with van der Waals surface area (Å²) in [5, 5.41) is 0. The topological polar surface area (TPSA) is 26.3 Å². The number of benzene rings is 1. The Morgan fingerprint density at radius 3 is 2.50 bits per heavy atom. The second-order valence-electron chi connectivity index (χ2n) is 3.58. The molecule has 86 valence electrons. The lowest BCUT2D eigenvalue weighted by Gasteiger charge is -1.99. The molecule has 0 aliphatic rings. The van der Waals surface area contributed by atoms with Gasteiger partial charge in [-0.3, -0.25) is 0 Å². The first-order valence-corrected chi connectivity index (χ1v) is 5.70. The maximum absolute atomic E-state index is 11.1. The van der Waals surface area contributed by atoms with Crippen LogP contribution in [-0.4, -0.2) is 12.6 Å². The Morgan fingerprint density at radius 1 is 1.25 bits per heavy atom. The molecule has 0 heterocycles. The summed E-state index contributed by atoms with van der Waals surface area (Å²) in [6, 6.07) is 8.21. The lowest BCUT2D eigenvalue weighted by molar-refractivity contribution is -0.137. The number of ether oxygens (including phenoxy) is 1. The third-order valence-electron chi connectivity index (χ3n) is 2.22. The first-order chi connectivity index (χ1) is 7.76. The quantitative estimate of drug-likeness (QED) is 0.560.